The number of halogens is 1. The number of carbonyl (C=O) groups excluding carboxylic acids is 1. The Morgan fingerprint density at radius 1 is 1.17 bits per heavy atom. The lowest BCUT2D eigenvalue weighted by Gasteiger charge is -2.08. The monoisotopic (exact) mass is 261 g/mol. The maximum Gasteiger partial charge on any atom is 0.120 e. The summed E-state index contributed by atoms with van der Waals surface area (Å²) >= 11 is 5.85. The molecule has 3 nitrogen and oxygen atoms in total. The van der Waals surface area contributed by atoms with Gasteiger partial charge in [0, 0.05) is 10.6 Å². The predicted octanol–water partition coefficient (Wildman–Crippen LogP) is 2.28. The molecule has 4 heteroatoms. The molecule has 0 fully saturated rings. The minimum absolute atomic E-state index is 0.0959. The van der Waals surface area contributed by atoms with Crippen molar-refractivity contribution in [3.63, 3.8) is 0 Å². The molecule has 0 heterocycles. The van der Waals surface area contributed by atoms with Gasteiger partial charge in [0.1, 0.15) is 12.4 Å². The fraction of sp³-hybridized carbons (Fsp3) is 0.0714. The highest BCUT2D eigenvalue weighted by atomic mass is 35.5. The van der Waals surface area contributed by atoms with Crippen molar-refractivity contribution in [3.05, 3.63) is 64.7 Å². The number of ether oxygens (including phenoxy) is 1. The van der Waals surface area contributed by atoms with Crippen molar-refractivity contribution < 1.29 is 14.6 Å². The molecule has 0 aliphatic rings. The Morgan fingerprint density at radius 3 is 2.67 bits per heavy atom. The van der Waals surface area contributed by atoms with Gasteiger partial charge in [-0.2, -0.15) is 0 Å². The topological polar surface area (TPSA) is 49.4 Å². The van der Waals surface area contributed by atoms with E-state index < -0.39 is 5.97 Å². The molecule has 2 aromatic rings. The van der Waals surface area contributed by atoms with E-state index in [1.54, 1.807) is 24.3 Å². The van der Waals surface area contributed by atoms with E-state index in [0.717, 1.165) is 5.56 Å². The highest BCUT2D eigenvalue weighted by molar-refractivity contribution is 6.30. The summed E-state index contributed by atoms with van der Waals surface area (Å²) in [5.74, 6) is -0.736. The Morgan fingerprint density at radius 2 is 1.94 bits per heavy atom. The number of benzene rings is 2. The molecule has 0 saturated heterocycles. The Hall–Kier alpha value is -2.00. The molecule has 0 aliphatic heterocycles. The maximum absolute atomic E-state index is 10.7. The van der Waals surface area contributed by atoms with E-state index in [9.17, 15) is 9.90 Å². The molecule has 0 N–H and O–H groups in total. The first-order chi connectivity index (χ1) is 8.65. The summed E-state index contributed by atoms with van der Waals surface area (Å²) in [7, 11) is 0. The summed E-state index contributed by atoms with van der Waals surface area (Å²) in [6.07, 6.45) is 0. The SMILES string of the molecule is O=C([O-])c1cccc(OCc2cccc(Cl)c2)c1. The second-order valence-electron chi connectivity index (χ2n) is 3.73. The molecule has 0 aliphatic carbocycles. The van der Waals surface area contributed by atoms with E-state index in [1.807, 2.05) is 12.1 Å². The molecule has 2 rings (SSSR count). The van der Waals surface area contributed by atoms with Gasteiger partial charge in [-0.15, -0.1) is 0 Å². The van der Waals surface area contributed by atoms with Crippen LogP contribution in [0.4, 0.5) is 0 Å². The van der Waals surface area contributed by atoms with Crippen molar-refractivity contribution >= 4 is 17.6 Å². The third-order valence-corrected chi connectivity index (χ3v) is 2.60. The van der Waals surface area contributed by atoms with E-state index in [0.29, 0.717) is 17.4 Å². The van der Waals surface area contributed by atoms with Gasteiger partial charge in [0.15, 0.2) is 0 Å². The first-order valence-corrected chi connectivity index (χ1v) is 5.71. The highest BCUT2D eigenvalue weighted by Crippen LogP contribution is 2.16. The molecule has 0 bridgehead atoms. The molecule has 0 amide bonds. The lowest BCUT2D eigenvalue weighted by Crippen LogP contribution is -2.22. The molecule has 0 aromatic heterocycles. The maximum atomic E-state index is 10.7. The number of rotatable bonds is 4. The molecule has 2 aromatic carbocycles. The summed E-state index contributed by atoms with van der Waals surface area (Å²) in [5.41, 5.74) is 1.01. The predicted molar refractivity (Wildman–Crippen MR) is 66.6 cm³/mol. The Labute approximate surface area is 110 Å². The van der Waals surface area contributed by atoms with Crippen LogP contribution >= 0.6 is 11.6 Å². The Bertz CT molecular complexity index is 566. The largest absolute Gasteiger partial charge is 0.545 e. The molecule has 0 atom stereocenters. The van der Waals surface area contributed by atoms with Gasteiger partial charge >= 0.3 is 0 Å². The van der Waals surface area contributed by atoms with Gasteiger partial charge in [0.25, 0.3) is 0 Å². The summed E-state index contributed by atoms with van der Waals surface area (Å²) in [6.45, 7) is 0.330. The molecule has 0 saturated carbocycles. The molecular weight excluding hydrogens is 252 g/mol. The zero-order chi connectivity index (χ0) is 13.0. The normalized spacial score (nSPS) is 10.1. The zero-order valence-electron chi connectivity index (χ0n) is 9.43. The van der Waals surface area contributed by atoms with Crippen molar-refractivity contribution in [1.82, 2.24) is 0 Å². The van der Waals surface area contributed by atoms with Crippen LogP contribution in [0.15, 0.2) is 48.5 Å². The van der Waals surface area contributed by atoms with Gasteiger partial charge in [-0.3, -0.25) is 0 Å². The van der Waals surface area contributed by atoms with Gasteiger partial charge in [0.05, 0.1) is 5.97 Å². The van der Waals surface area contributed by atoms with E-state index in [1.165, 1.54) is 12.1 Å². The van der Waals surface area contributed by atoms with Crippen LogP contribution in [0.25, 0.3) is 0 Å². The zero-order valence-corrected chi connectivity index (χ0v) is 10.2. The van der Waals surface area contributed by atoms with Gasteiger partial charge in [0.2, 0.25) is 0 Å². The van der Waals surface area contributed by atoms with Crippen LogP contribution in [0, 0.1) is 0 Å². The number of carboxylic acids is 1. The fourth-order valence-corrected chi connectivity index (χ4v) is 1.72. The van der Waals surface area contributed by atoms with Crippen molar-refractivity contribution in [2.45, 2.75) is 6.61 Å². The lowest BCUT2D eigenvalue weighted by molar-refractivity contribution is -0.255. The second kappa shape index (κ2) is 5.56. The van der Waals surface area contributed by atoms with Crippen molar-refractivity contribution in [2.24, 2.45) is 0 Å². The minimum Gasteiger partial charge on any atom is -0.545 e. The molecule has 92 valence electrons. The first kappa shape index (κ1) is 12.5. The number of aromatic carboxylic acids is 1. The van der Waals surface area contributed by atoms with E-state index in [-0.39, 0.29) is 5.56 Å². The van der Waals surface area contributed by atoms with Gasteiger partial charge < -0.3 is 14.6 Å². The second-order valence-corrected chi connectivity index (χ2v) is 4.17. The van der Waals surface area contributed by atoms with E-state index in [2.05, 4.69) is 0 Å². The van der Waals surface area contributed by atoms with Crippen LogP contribution in [0.2, 0.25) is 5.02 Å². The highest BCUT2D eigenvalue weighted by Gasteiger charge is 1.99. The average Bonchev–Trinajstić information content (AvgIpc) is 2.37. The molecule has 0 unspecified atom stereocenters. The number of carbonyl (C=O) groups is 1. The van der Waals surface area contributed by atoms with Crippen LogP contribution < -0.4 is 9.84 Å². The third-order valence-electron chi connectivity index (χ3n) is 2.36. The molecule has 0 spiro atoms. The number of hydrogen-bond acceptors (Lipinski definition) is 3. The smallest absolute Gasteiger partial charge is 0.120 e. The number of hydrogen-bond donors (Lipinski definition) is 0. The Kier molecular flexibility index (Phi) is 3.85. The molecule has 18 heavy (non-hydrogen) atoms. The fourth-order valence-electron chi connectivity index (χ4n) is 1.51. The number of carboxylic acid groups (broad SMARTS) is 1. The summed E-state index contributed by atoms with van der Waals surface area (Å²) in [5, 5.41) is 11.3. The van der Waals surface area contributed by atoms with Crippen molar-refractivity contribution in [3.8, 4) is 5.75 Å². The van der Waals surface area contributed by atoms with Crippen LogP contribution in [0.1, 0.15) is 15.9 Å². The average molecular weight is 262 g/mol. The lowest BCUT2D eigenvalue weighted by atomic mass is 10.2. The summed E-state index contributed by atoms with van der Waals surface area (Å²) < 4.78 is 5.49. The molecular formula is C14H10ClO3-. The van der Waals surface area contributed by atoms with Crippen LogP contribution in [-0.4, -0.2) is 5.97 Å². The standard InChI is InChI=1S/C14H11ClO3/c15-12-5-1-3-10(7-12)9-18-13-6-2-4-11(8-13)14(16)17/h1-8H,9H2,(H,16,17)/p-1. The van der Waals surface area contributed by atoms with Gasteiger partial charge in [-0.1, -0.05) is 35.9 Å². The van der Waals surface area contributed by atoms with E-state index >= 15 is 0 Å². The quantitative estimate of drug-likeness (QED) is 0.848. The van der Waals surface area contributed by atoms with Gasteiger partial charge in [-0.25, -0.2) is 0 Å². The van der Waals surface area contributed by atoms with Crippen LogP contribution in [-0.2, 0) is 6.61 Å². The Balaban J connectivity index is 2.06. The summed E-state index contributed by atoms with van der Waals surface area (Å²) in [4.78, 5) is 10.7. The third kappa shape index (κ3) is 3.25. The minimum atomic E-state index is -1.22. The van der Waals surface area contributed by atoms with Crippen LogP contribution in [0.5, 0.6) is 5.75 Å². The van der Waals surface area contributed by atoms with Crippen molar-refractivity contribution in [1.29, 1.82) is 0 Å². The first-order valence-electron chi connectivity index (χ1n) is 5.34. The van der Waals surface area contributed by atoms with Gasteiger partial charge in [-0.05, 0) is 29.8 Å². The summed E-state index contributed by atoms with van der Waals surface area (Å²) in [6, 6.07) is 13.5. The van der Waals surface area contributed by atoms with E-state index in [4.69, 9.17) is 16.3 Å². The molecule has 0 radical (unpaired) electrons. The van der Waals surface area contributed by atoms with Crippen molar-refractivity contribution in [2.75, 3.05) is 0 Å². The van der Waals surface area contributed by atoms with Crippen LogP contribution in [0.3, 0.4) is 0 Å².